The number of rotatable bonds is 5. The van der Waals surface area contributed by atoms with Crippen molar-refractivity contribution in [2.75, 3.05) is 14.2 Å². The molecular formula is C16H17NO2. The van der Waals surface area contributed by atoms with Crippen molar-refractivity contribution in [1.82, 2.24) is 0 Å². The Kier molecular flexibility index (Phi) is 4.56. The van der Waals surface area contributed by atoms with Gasteiger partial charge in [0, 0.05) is 17.8 Å². The number of ether oxygens (including phenoxy) is 2. The van der Waals surface area contributed by atoms with E-state index in [1.54, 1.807) is 14.2 Å². The smallest absolute Gasteiger partial charge is 0.127 e. The van der Waals surface area contributed by atoms with E-state index in [-0.39, 0.29) is 0 Å². The summed E-state index contributed by atoms with van der Waals surface area (Å²) in [5.41, 5.74) is 2.13. The van der Waals surface area contributed by atoms with Crippen LogP contribution in [-0.2, 0) is 6.54 Å². The molecule has 0 N–H and O–H groups in total. The van der Waals surface area contributed by atoms with Crippen LogP contribution in [0.5, 0.6) is 11.5 Å². The first-order chi connectivity index (χ1) is 9.33. The van der Waals surface area contributed by atoms with E-state index in [0.717, 1.165) is 22.6 Å². The zero-order valence-corrected chi connectivity index (χ0v) is 11.2. The maximum Gasteiger partial charge on any atom is 0.127 e. The summed E-state index contributed by atoms with van der Waals surface area (Å²) >= 11 is 0. The summed E-state index contributed by atoms with van der Waals surface area (Å²) in [5, 5.41) is 0. The molecule has 2 aromatic carbocycles. The van der Waals surface area contributed by atoms with Gasteiger partial charge in [-0.1, -0.05) is 30.3 Å². The van der Waals surface area contributed by atoms with Crippen LogP contribution in [0.15, 0.2) is 53.5 Å². The lowest BCUT2D eigenvalue weighted by molar-refractivity contribution is 0.391. The first kappa shape index (κ1) is 13.1. The van der Waals surface area contributed by atoms with Gasteiger partial charge >= 0.3 is 0 Å². The van der Waals surface area contributed by atoms with Crippen LogP contribution in [0.25, 0.3) is 0 Å². The zero-order chi connectivity index (χ0) is 13.5. The lowest BCUT2D eigenvalue weighted by atomic mass is 10.2. The van der Waals surface area contributed by atoms with Gasteiger partial charge in [-0.25, -0.2) is 0 Å². The molecule has 0 heterocycles. The van der Waals surface area contributed by atoms with E-state index in [2.05, 4.69) is 4.99 Å². The minimum atomic E-state index is 0.585. The summed E-state index contributed by atoms with van der Waals surface area (Å²) in [6.07, 6.45) is 1.86. The third kappa shape index (κ3) is 3.58. The second kappa shape index (κ2) is 6.59. The number of methoxy groups -OCH3 is 2. The van der Waals surface area contributed by atoms with E-state index in [1.165, 1.54) is 0 Å². The molecule has 0 unspecified atom stereocenters. The van der Waals surface area contributed by atoms with E-state index >= 15 is 0 Å². The fraction of sp³-hybridized carbons (Fsp3) is 0.188. The highest BCUT2D eigenvalue weighted by Gasteiger charge is 2.03. The molecule has 0 fully saturated rings. The molecule has 0 aliphatic rings. The molecule has 0 aliphatic carbocycles. The Morgan fingerprint density at radius 3 is 2.47 bits per heavy atom. The van der Waals surface area contributed by atoms with Crippen LogP contribution < -0.4 is 9.47 Å². The second-order valence-electron chi connectivity index (χ2n) is 4.06. The van der Waals surface area contributed by atoms with Crippen molar-refractivity contribution in [1.29, 1.82) is 0 Å². The van der Waals surface area contributed by atoms with Gasteiger partial charge in [0.25, 0.3) is 0 Å². The quantitative estimate of drug-likeness (QED) is 0.767. The first-order valence-corrected chi connectivity index (χ1v) is 6.09. The highest BCUT2D eigenvalue weighted by atomic mass is 16.5. The van der Waals surface area contributed by atoms with E-state index in [0.29, 0.717) is 6.54 Å². The number of aliphatic imine (C=N–C) groups is 1. The number of hydrogen-bond donors (Lipinski definition) is 0. The van der Waals surface area contributed by atoms with Gasteiger partial charge in [0.1, 0.15) is 11.5 Å². The van der Waals surface area contributed by atoms with Gasteiger partial charge in [-0.15, -0.1) is 0 Å². The predicted octanol–water partition coefficient (Wildman–Crippen LogP) is 3.32. The monoisotopic (exact) mass is 255 g/mol. The Balaban J connectivity index is 2.09. The summed E-state index contributed by atoms with van der Waals surface area (Å²) in [6, 6.07) is 15.8. The lowest BCUT2D eigenvalue weighted by Crippen LogP contribution is -1.93. The fourth-order valence-electron chi connectivity index (χ4n) is 1.77. The zero-order valence-electron chi connectivity index (χ0n) is 11.2. The van der Waals surface area contributed by atoms with Gasteiger partial charge in [0.05, 0.1) is 20.8 Å². The van der Waals surface area contributed by atoms with Crippen molar-refractivity contribution < 1.29 is 9.47 Å². The SMILES string of the molecule is COc1ccc(C/N=C\c2ccccc2)c(OC)c1. The molecule has 0 saturated heterocycles. The van der Waals surface area contributed by atoms with Gasteiger partial charge in [0.2, 0.25) is 0 Å². The lowest BCUT2D eigenvalue weighted by Gasteiger charge is -2.08. The van der Waals surface area contributed by atoms with Crippen LogP contribution in [0.3, 0.4) is 0 Å². The molecule has 3 heteroatoms. The average molecular weight is 255 g/mol. The maximum absolute atomic E-state index is 5.34. The highest BCUT2D eigenvalue weighted by molar-refractivity contribution is 5.79. The molecule has 0 atom stereocenters. The van der Waals surface area contributed by atoms with E-state index < -0.39 is 0 Å². The molecule has 0 saturated carbocycles. The fourth-order valence-corrected chi connectivity index (χ4v) is 1.77. The van der Waals surface area contributed by atoms with Crippen LogP contribution in [0, 0.1) is 0 Å². The molecule has 0 amide bonds. The average Bonchev–Trinajstić information content (AvgIpc) is 2.48. The van der Waals surface area contributed by atoms with Gasteiger partial charge in [-0.2, -0.15) is 0 Å². The highest BCUT2D eigenvalue weighted by Crippen LogP contribution is 2.25. The van der Waals surface area contributed by atoms with Crippen LogP contribution in [0.4, 0.5) is 0 Å². The Morgan fingerprint density at radius 2 is 1.79 bits per heavy atom. The summed E-state index contributed by atoms with van der Waals surface area (Å²) < 4.78 is 10.5. The molecular weight excluding hydrogens is 238 g/mol. The van der Waals surface area contributed by atoms with Crippen molar-refractivity contribution in [3.63, 3.8) is 0 Å². The van der Waals surface area contributed by atoms with Crippen LogP contribution >= 0.6 is 0 Å². The summed E-state index contributed by atoms with van der Waals surface area (Å²) in [4.78, 5) is 4.43. The van der Waals surface area contributed by atoms with E-state index in [9.17, 15) is 0 Å². The van der Waals surface area contributed by atoms with Crippen molar-refractivity contribution in [2.45, 2.75) is 6.54 Å². The topological polar surface area (TPSA) is 30.8 Å². The largest absolute Gasteiger partial charge is 0.497 e. The van der Waals surface area contributed by atoms with Gasteiger partial charge in [-0.05, 0) is 17.7 Å². The van der Waals surface area contributed by atoms with Gasteiger partial charge < -0.3 is 9.47 Å². The summed E-state index contributed by atoms with van der Waals surface area (Å²) in [7, 11) is 3.29. The summed E-state index contributed by atoms with van der Waals surface area (Å²) in [5.74, 6) is 1.58. The molecule has 0 aromatic heterocycles. The van der Waals surface area contributed by atoms with Gasteiger partial charge in [-0.3, -0.25) is 4.99 Å². The Labute approximate surface area is 113 Å². The Bertz CT molecular complexity index is 550. The normalized spacial score (nSPS) is 10.6. The molecule has 0 radical (unpaired) electrons. The molecule has 0 bridgehead atoms. The molecule has 19 heavy (non-hydrogen) atoms. The number of nitrogens with zero attached hydrogens (tertiary/aromatic N) is 1. The van der Waals surface area contributed by atoms with Crippen LogP contribution in [0.1, 0.15) is 11.1 Å². The minimum absolute atomic E-state index is 0.585. The van der Waals surface area contributed by atoms with Crippen molar-refractivity contribution in [3.05, 3.63) is 59.7 Å². The molecule has 0 aliphatic heterocycles. The van der Waals surface area contributed by atoms with Crippen LogP contribution in [-0.4, -0.2) is 20.4 Å². The third-order valence-electron chi connectivity index (χ3n) is 2.80. The maximum atomic E-state index is 5.34. The standard InChI is InChI=1S/C16H17NO2/c1-18-15-9-8-14(16(10-15)19-2)12-17-11-13-6-4-3-5-7-13/h3-11H,12H2,1-2H3/b17-11-. The second-order valence-corrected chi connectivity index (χ2v) is 4.06. The van der Waals surface area contributed by atoms with Crippen molar-refractivity contribution >= 4 is 6.21 Å². The Morgan fingerprint density at radius 1 is 1.00 bits per heavy atom. The number of hydrogen-bond acceptors (Lipinski definition) is 3. The molecule has 2 aromatic rings. The first-order valence-electron chi connectivity index (χ1n) is 6.09. The third-order valence-corrected chi connectivity index (χ3v) is 2.80. The minimum Gasteiger partial charge on any atom is -0.497 e. The molecule has 0 spiro atoms. The van der Waals surface area contributed by atoms with E-state index in [1.807, 2.05) is 54.7 Å². The molecule has 3 nitrogen and oxygen atoms in total. The summed E-state index contributed by atoms with van der Waals surface area (Å²) in [6.45, 7) is 0.585. The van der Waals surface area contributed by atoms with Gasteiger partial charge in [0.15, 0.2) is 0 Å². The Hall–Kier alpha value is -2.29. The van der Waals surface area contributed by atoms with Crippen molar-refractivity contribution in [2.24, 2.45) is 4.99 Å². The van der Waals surface area contributed by atoms with Crippen LogP contribution in [0.2, 0.25) is 0 Å². The number of benzene rings is 2. The predicted molar refractivity (Wildman–Crippen MR) is 77.3 cm³/mol. The van der Waals surface area contributed by atoms with E-state index in [4.69, 9.17) is 9.47 Å². The molecule has 98 valence electrons. The van der Waals surface area contributed by atoms with Crippen molar-refractivity contribution in [3.8, 4) is 11.5 Å². The molecule has 2 rings (SSSR count).